The molecule has 0 radical (unpaired) electrons. The molecule has 0 saturated carbocycles. The van der Waals surface area contributed by atoms with Gasteiger partial charge in [-0.15, -0.1) is 0 Å². The molecule has 2 aromatic rings. The maximum atomic E-state index is 12.6. The first-order valence-electron chi connectivity index (χ1n) is 9.22. The van der Waals surface area contributed by atoms with Crippen molar-refractivity contribution in [2.75, 3.05) is 46.6 Å². The molecule has 4 heterocycles. The van der Waals surface area contributed by atoms with Crippen LogP contribution >= 0.6 is 0 Å². The molecule has 2 amide bonds. The number of fused-ring (bicyclic) bond motifs is 2. The van der Waals surface area contributed by atoms with E-state index >= 15 is 0 Å². The summed E-state index contributed by atoms with van der Waals surface area (Å²) in [5.41, 5.74) is 1.62. The Bertz CT molecular complexity index is 786. The Morgan fingerprint density at radius 3 is 1.81 bits per heavy atom. The summed E-state index contributed by atoms with van der Waals surface area (Å²) in [6.45, 7) is 2.59. The van der Waals surface area contributed by atoms with Crippen LogP contribution in [-0.4, -0.2) is 48.0 Å². The summed E-state index contributed by atoms with van der Waals surface area (Å²) in [6.07, 6.45) is 4.62. The van der Waals surface area contributed by atoms with E-state index in [9.17, 15) is 9.59 Å². The van der Waals surface area contributed by atoms with E-state index in [2.05, 4.69) is 20.6 Å². The summed E-state index contributed by atoms with van der Waals surface area (Å²) in [5.74, 6) is 1.53. The van der Waals surface area contributed by atoms with Crippen molar-refractivity contribution >= 4 is 34.8 Å². The van der Waals surface area contributed by atoms with E-state index < -0.39 is 0 Å². The average molecular weight is 366 g/mol. The summed E-state index contributed by atoms with van der Waals surface area (Å²) in [5, 5.41) is 6.39. The Labute approximate surface area is 157 Å². The normalized spacial score (nSPS) is 15.3. The number of anilines is 4. The third-order valence-corrected chi connectivity index (χ3v) is 4.79. The lowest BCUT2D eigenvalue weighted by Gasteiger charge is -2.30. The molecule has 0 bridgehead atoms. The predicted octanol–water partition coefficient (Wildman–Crippen LogP) is 1.86. The zero-order chi connectivity index (χ0) is 18.6. The molecule has 0 fully saturated rings. The minimum Gasteiger partial charge on any atom is -0.367 e. The summed E-state index contributed by atoms with van der Waals surface area (Å²) in [6, 6.07) is 7.43. The second-order valence-corrected chi connectivity index (χ2v) is 6.54. The zero-order valence-electron chi connectivity index (χ0n) is 15.0. The minimum atomic E-state index is 0.0286. The number of carbonyl (C=O) groups excluding carboxylic acids is 2. The van der Waals surface area contributed by atoms with Crippen LogP contribution in [0.1, 0.15) is 19.3 Å². The van der Waals surface area contributed by atoms with E-state index in [1.807, 2.05) is 24.3 Å². The molecule has 2 N–H and O–H groups in total. The maximum Gasteiger partial charge on any atom is 0.227 e. The van der Waals surface area contributed by atoms with Crippen LogP contribution in [0.3, 0.4) is 0 Å². The second-order valence-electron chi connectivity index (χ2n) is 6.54. The first kappa shape index (κ1) is 17.3. The van der Waals surface area contributed by atoms with Gasteiger partial charge in [0.1, 0.15) is 11.6 Å². The van der Waals surface area contributed by atoms with Crippen molar-refractivity contribution in [3.8, 4) is 0 Å². The quantitative estimate of drug-likeness (QED) is 0.858. The standard InChI is InChI=1S/C19H22N6O2/c26-16(24-12-10-22-18-14(24)4-2-8-20-18)6-1-7-17(27)25-13-11-23-19-15(25)5-3-9-21-19/h2-5,8-9H,1,6-7,10-13H2,(H,20,22)(H,21,23). The van der Waals surface area contributed by atoms with E-state index in [1.165, 1.54) is 0 Å². The first-order chi connectivity index (χ1) is 13.2. The molecule has 0 atom stereocenters. The number of carbonyl (C=O) groups is 2. The van der Waals surface area contributed by atoms with Crippen molar-refractivity contribution in [3.63, 3.8) is 0 Å². The van der Waals surface area contributed by atoms with Crippen molar-refractivity contribution < 1.29 is 9.59 Å². The van der Waals surface area contributed by atoms with Gasteiger partial charge < -0.3 is 20.4 Å². The summed E-state index contributed by atoms with van der Waals surface area (Å²) in [7, 11) is 0. The number of amides is 2. The molecular weight excluding hydrogens is 344 g/mol. The van der Waals surface area contributed by atoms with Gasteiger partial charge in [-0.05, 0) is 30.7 Å². The smallest absolute Gasteiger partial charge is 0.227 e. The van der Waals surface area contributed by atoms with E-state index in [-0.39, 0.29) is 11.8 Å². The number of aromatic nitrogens is 2. The molecule has 8 heteroatoms. The Morgan fingerprint density at radius 2 is 1.33 bits per heavy atom. The maximum absolute atomic E-state index is 12.6. The van der Waals surface area contributed by atoms with E-state index in [4.69, 9.17) is 0 Å². The van der Waals surface area contributed by atoms with E-state index in [0.29, 0.717) is 45.4 Å². The van der Waals surface area contributed by atoms with Crippen LogP contribution in [0.25, 0.3) is 0 Å². The lowest BCUT2D eigenvalue weighted by atomic mass is 10.1. The minimum absolute atomic E-state index is 0.0286. The molecule has 0 unspecified atom stereocenters. The van der Waals surface area contributed by atoms with Crippen molar-refractivity contribution in [1.82, 2.24) is 9.97 Å². The SMILES string of the molecule is O=C(CCCC(=O)N1CCNc2ncccc21)N1CCNc2ncccc21. The fourth-order valence-corrected chi connectivity index (χ4v) is 3.49. The van der Waals surface area contributed by atoms with Crippen molar-refractivity contribution in [2.45, 2.75) is 19.3 Å². The van der Waals surface area contributed by atoms with Crippen molar-refractivity contribution in [1.29, 1.82) is 0 Å². The number of hydrogen-bond acceptors (Lipinski definition) is 6. The van der Waals surface area contributed by atoms with Crippen LogP contribution in [0.5, 0.6) is 0 Å². The lowest BCUT2D eigenvalue weighted by molar-refractivity contribution is -0.119. The molecule has 0 spiro atoms. The molecule has 0 aliphatic carbocycles. The highest BCUT2D eigenvalue weighted by Crippen LogP contribution is 2.28. The highest BCUT2D eigenvalue weighted by molar-refractivity contribution is 5.99. The largest absolute Gasteiger partial charge is 0.367 e. The molecule has 2 aliphatic heterocycles. The van der Waals surface area contributed by atoms with Crippen molar-refractivity contribution in [2.24, 2.45) is 0 Å². The number of rotatable bonds is 4. The third kappa shape index (κ3) is 3.55. The Kier molecular flexibility index (Phi) is 4.86. The van der Waals surface area contributed by atoms with Crippen LogP contribution < -0.4 is 20.4 Å². The summed E-state index contributed by atoms with van der Waals surface area (Å²) in [4.78, 5) is 37.3. The molecule has 8 nitrogen and oxygen atoms in total. The number of nitrogens with zero attached hydrogens (tertiary/aromatic N) is 4. The summed E-state index contributed by atoms with van der Waals surface area (Å²) < 4.78 is 0. The van der Waals surface area contributed by atoms with E-state index in [0.717, 1.165) is 23.0 Å². The molecule has 2 aromatic heterocycles. The van der Waals surface area contributed by atoms with Gasteiger partial charge in [-0.1, -0.05) is 0 Å². The number of hydrogen-bond donors (Lipinski definition) is 2. The first-order valence-corrected chi connectivity index (χ1v) is 9.22. The van der Waals surface area contributed by atoms with E-state index in [1.54, 1.807) is 22.2 Å². The van der Waals surface area contributed by atoms with Gasteiger partial charge in [0.05, 0.1) is 11.4 Å². The molecule has 0 saturated heterocycles. The fourth-order valence-electron chi connectivity index (χ4n) is 3.49. The molecule has 2 aliphatic rings. The number of nitrogens with one attached hydrogen (secondary N) is 2. The van der Waals surface area contributed by atoms with Gasteiger partial charge in [0, 0.05) is 51.4 Å². The summed E-state index contributed by atoms with van der Waals surface area (Å²) >= 11 is 0. The van der Waals surface area contributed by atoms with Crippen LogP contribution in [-0.2, 0) is 9.59 Å². The lowest BCUT2D eigenvalue weighted by Crippen LogP contribution is -2.40. The van der Waals surface area contributed by atoms with Gasteiger partial charge in [-0.25, -0.2) is 9.97 Å². The highest BCUT2D eigenvalue weighted by Gasteiger charge is 2.25. The van der Waals surface area contributed by atoms with Gasteiger partial charge in [-0.2, -0.15) is 0 Å². The van der Waals surface area contributed by atoms with Crippen LogP contribution in [0, 0.1) is 0 Å². The van der Waals surface area contributed by atoms with Crippen LogP contribution in [0.15, 0.2) is 36.7 Å². The highest BCUT2D eigenvalue weighted by atomic mass is 16.2. The molecule has 27 heavy (non-hydrogen) atoms. The van der Waals surface area contributed by atoms with Crippen LogP contribution in [0.2, 0.25) is 0 Å². The monoisotopic (exact) mass is 366 g/mol. The van der Waals surface area contributed by atoms with Gasteiger partial charge in [0.25, 0.3) is 0 Å². The van der Waals surface area contributed by atoms with Gasteiger partial charge >= 0.3 is 0 Å². The van der Waals surface area contributed by atoms with Gasteiger partial charge in [0.2, 0.25) is 11.8 Å². The average Bonchev–Trinajstić information content (AvgIpc) is 2.72. The van der Waals surface area contributed by atoms with Crippen molar-refractivity contribution in [3.05, 3.63) is 36.7 Å². The van der Waals surface area contributed by atoms with Crippen LogP contribution in [0.4, 0.5) is 23.0 Å². The zero-order valence-corrected chi connectivity index (χ0v) is 15.0. The Hall–Kier alpha value is -3.16. The fraction of sp³-hybridized carbons (Fsp3) is 0.368. The second kappa shape index (κ2) is 7.61. The molecule has 4 rings (SSSR count). The third-order valence-electron chi connectivity index (χ3n) is 4.79. The van der Waals surface area contributed by atoms with Gasteiger partial charge in [0.15, 0.2) is 0 Å². The van der Waals surface area contributed by atoms with Gasteiger partial charge in [-0.3, -0.25) is 9.59 Å². The molecule has 0 aromatic carbocycles. The number of pyridine rings is 2. The molecule has 140 valence electrons. The Morgan fingerprint density at radius 1 is 0.852 bits per heavy atom. The molecular formula is C19H22N6O2. The predicted molar refractivity (Wildman–Crippen MR) is 104 cm³/mol. The topological polar surface area (TPSA) is 90.5 Å². The Balaban J connectivity index is 1.34.